The molecule has 4 heterocycles. The van der Waals surface area contributed by atoms with Crippen molar-refractivity contribution in [2.24, 2.45) is 11.8 Å². The van der Waals surface area contributed by atoms with Crippen molar-refractivity contribution in [3.63, 3.8) is 0 Å². The van der Waals surface area contributed by atoms with E-state index in [1.54, 1.807) is 0 Å². The minimum atomic E-state index is -0.190. The number of fused-ring (bicyclic) bond motifs is 6. The van der Waals surface area contributed by atoms with E-state index in [-0.39, 0.29) is 12.0 Å². The van der Waals surface area contributed by atoms with Crippen molar-refractivity contribution in [2.75, 3.05) is 19.6 Å². The van der Waals surface area contributed by atoms with E-state index in [4.69, 9.17) is 0 Å². The number of aliphatic hydroxyl groups excluding tert-OH is 1. The molecule has 4 heteroatoms. The molecule has 0 radical (unpaired) electrons. The molecular formula is C15H24N2O2. The van der Waals surface area contributed by atoms with E-state index in [1.165, 1.54) is 19.3 Å². The van der Waals surface area contributed by atoms with Crippen molar-refractivity contribution >= 4 is 5.91 Å². The molecule has 106 valence electrons. The second kappa shape index (κ2) is 4.45. The maximum Gasteiger partial charge on any atom is 0.227 e. The molecule has 4 aliphatic rings. The largest absolute Gasteiger partial charge is 0.393 e. The van der Waals surface area contributed by atoms with Crippen LogP contribution in [0.1, 0.15) is 38.5 Å². The van der Waals surface area contributed by atoms with Crippen LogP contribution in [0.4, 0.5) is 0 Å². The number of rotatable bonds is 0. The van der Waals surface area contributed by atoms with Crippen LogP contribution in [-0.2, 0) is 4.79 Å². The van der Waals surface area contributed by atoms with Crippen LogP contribution in [0.3, 0.4) is 0 Å². The monoisotopic (exact) mass is 264 g/mol. The van der Waals surface area contributed by atoms with E-state index < -0.39 is 0 Å². The van der Waals surface area contributed by atoms with Crippen LogP contribution in [0.15, 0.2) is 0 Å². The summed E-state index contributed by atoms with van der Waals surface area (Å²) in [7, 11) is 0. The first-order chi connectivity index (χ1) is 9.24. The molecule has 4 rings (SSSR count). The third-order valence-corrected chi connectivity index (χ3v) is 5.92. The van der Waals surface area contributed by atoms with Crippen molar-refractivity contribution in [2.45, 2.75) is 56.7 Å². The lowest BCUT2D eigenvalue weighted by Crippen LogP contribution is -2.66. The van der Waals surface area contributed by atoms with Crippen LogP contribution in [0.25, 0.3) is 0 Å². The molecule has 0 spiro atoms. The van der Waals surface area contributed by atoms with Gasteiger partial charge in [0.15, 0.2) is 0 Å². The first-order valence-corrected chi connectivity index (χ1v) is 7.96. The van der Waals surface area contributed by atoms with Gasteiger partial charge >= 0.3 is 0 Å². The quantitative estimate of drug-likeness (QED) is 0.705. The Morgan fingerprint density at radius 3 is 2.84 bits per heavy atom. The standard InChI is InChI=1S/C15H24N2O2/c18-11-4-6-16-9-10-7-12(14(16)8-11)15(19)17-5-2-1-3-13(10)17/h10-14,18H,1-9H2/t10-,11+,12+,13+,14-/m0/s1. The Morgan fingerprint density at radius 1 is 1.05 bits per heavy atom. The van der Waals surface area contributed by atoms with E-state index >= 15 is 0 Å². The summed E-state index contributed by atoms with van der Waals surface area (Å²) in [5, 5.41) is 9.91. The van der Waals surface area contributed by atoms with Crippen LogP contribution < -0.4 is 0 Å². The van der Waals surface area contributed by atoms with Gasteiger partial charge in [0.2, 0.25) is 5.91 Å². The van der Waals surface area contributed by atoms with Crippen LogP contribution >= 0.6 is 0 Å². The number of nitrogens with zero attached hydrogens (tertiary/aromatic N) is 2. The van der Waals surface area contributed by atoms with Crippen molar-refractivity contribution in [3.8, 4) is 0 Å². The van der Waals surface area contributed by atoms with Gasteiger partial charge in [-0.1, -0.05) is 0 Å². The Labute approximate surface area is 114 Å². The van der Waals surface area contributed by atoms with Gasteiger partial charge in [0.1, 0.15) is 0 Å². The summed E-state index contributed by atoms with van der Waals surface area (Å²) in [5.74, 6) is 1.25. The molecule has 2 bridgehead atoms. The highest BCUT2D eigenvalue weighted by atomic mass is 16.3. The first-order valence-electron chi connectivity index (χ1n) is 7.96. The maximum atomic E-state index is 12.7. The number of amides is 1. The summed E-state index contributed by atoms with van der Waals surface area (Å²) in [6.07, 6.45) is 6.26. The molecule has 4 aliphatic heterocycles. The molecule has 1 amide bonds. The molecule has 4 fully saturated rings. The van der Waals surface area contributed by atoms with Gasteiger partial charge in [0, 0.05) is 31.7 Å². The Balaban J connectivity index is 1.62. The van der Waals surface area contributed by atoms with E-state index in [0.717, 1.165) is 38.9 Å². The minimum Gasteiger partial charge on any atom is -0.393 e. The molecular weight excluding hydrogens is 240 g/mol. The van der Waals surface area contributed by atoms with Crippen LogP contribution in [0.2, 0.25) is 0 Å². The Morgan fingerprint density at radius 2 is 1.95 bits per heavy atom. The second-order valence-corrected chi connectivity index (χ2v) is 6.94. The molecule has 0 aromatic carbocycles. The van der Waals surface area contributed by atoms with Gasteiger partial charge in [-0.25, -0.2) is 0 Å². The second-order valence-electron chi connectivity index (χ2n) is 6.94. The summed E-state index contributed by atoms with van der Waals surface area (Å²) in [6, 6.07) is 0.834. The number of carbonyl (C=O) groups excluding carboxylic acids is 1. The highest BCUT2D eigenvalue weighted by Crippen LogP contribution is 2.43. The smallest absolute Gasteiger partial charge is 0.227 e. The number of carbonyl (C=O) groups is 1. The van der Waals surface area contributed by atoms with Gasteiger partial charge in [-0.3, -0.25) is 9.69 Å². The minimum absolute atomic E-state index is 0.169. The average molecular weight is 264 g/mol. The van der Waals surface area contributed by atoms with Gasteiger partial charge < -0.3 is 10.0 Å². The predicted molar refractivity (Wildman–Crippen MR) is 71.6 cm³/mol. The summed E-state index contributed by atoms with van der Waals surface area (Å²) < 4.78 is 0. The van der Waals surface area contributed by atoms with Crippen molar-refractivity contribution < 1.29 is 9.90 Å². The molecule has 1 N–H and O–H groups in total. The van der Waals surface area contributed by atoms with Gasteiger partial charge in [-0.15, -0.1) is 0 Å². The van der Waals surface area contributed by atoms with Gasteiger partial charge in [-0.2, -0.15) is 0 Å². The molecule has 0 saturated carbocycles. The molecule has 0 aromatic rings. The van der Waals surface area contributed by atoms with Crippen molar-refractivity contribution in [1.29, 1.82) is 0 Å². The fourth-order valence-corrected chi connectivity index (χ4v) is 5.01. The number of piperidine rings is 4. The average Bonchev–Trinajstić information content (AvgIpc) is 2.45. The summed E-state index contributed by atoms with van der Waals surface area (Å²) in [5.41, 5.74) is 0. The predicted octanol–water partition coefficient (Wildman–Crippen LogP) is 0.842. The molecule has 19 heavy (non-hydrogen) atoms. The molecule has 0 aliphatic carbocycles. The normalized spacial score (nSPS) is 46.7. The summed E-state index contributed by atoms with van der Waals surface area (Å²) in [4.78, 5) is 17.5. The number of aliphatic hydroxyl groups is 1. The molecule has 4 saturated heterocycles. The maximum absolute atomic E-state index is 12.7. The first kappa shape index (κ1) is 12.2. The molecule has 4 nitrogen and oxygen atoms in total. The number of hydrogen-bond donors (Lipinski definition) is 1. The zero-order valence-corrected chi connectivity index (χ0v) is 11.5. The van der Waals surface area contributed by atoms with E-state index in [0.29, 0.717) is 23.9 Å². The topological polar surface area (TPSA) is 43.8 Å². The lowest BCUT2D eigenvalue weighted by molar-refractivity contribution is -0.160. The summed E-state index contributed by atoms with van der Waals surface area (Å²) in [6.45, 7) is 3.12. The zero-order chi connectivity index (χ0) is 13.0. The summed E-state index contributed by atoms with van der Waals surface area (Å²) >= 11 is 0. The molecule has 5 atom stereocenters. The molecule has 0 unspecified atom stereocenters. The Kier molecular flexibility index (Phi) is 2.85. The van der Waals surface area contributed by atoms with E-state index in [2.05, 4.69) is 9.80 Å². The fourth-order valence-electron chi connectivity index (χ4n) is 5.01. The Bertz CT molecular complexity index is 386. The van der Waals surface area contributed by atoms with Crippen LogP contribution in [-0.4, -0.2) is 58.6 Å². The third-order valence-electron chi connectivity index (χ3n) is 5.92. The zero-order valence-electron chi connectivity index (χ0n) is 11.5. The highest BCUT2D eigenvalue weighted by molar-refractivity contribution is 5.81. The van der Waals surface area contributed by atoms with Crippen LogP contribution in [0.5, 0.6) is 0 Å². The van der Waals surface area contributed by atoms with Gasteiger partial charge in [-0.05, 0) is 44.4 Å². The Hall–Kier alpha value is -0.610. The van der Waals surface area contributed by atoms with Gasteiger partial charge in [0.05, 0.1) is 12.0 Å². The van der Waals surface area contributed by atoms with Crippen molar-refractivity contribution in [3.05, 3.63) is 0 Å². The van der Waals surface area contributed by atoms with Crippen LogP contribution in [0, 0.1) is 11.8 Å². The van der Waals surface area contributed by atoms with Crippen molar-refractivity contribution in [1.82, 2.24) is 9.80 Å². The number of hydrogen-bond acceptors (Lipinski definition) is 3. The van der Waals surface area contributed by atoms with Gasteiger partial charge in [0.25, 0.3) is 0 Å². The lowest BCUT2D eigenvalue weighted by Gasteiger charge is -2.56. The molecule has 0 aromatic heterocycles. The van der Waals surface area contributed by atoms with E-state index in [1.807, 2.05) is 0 Å². The SMILES string of the molecule is O=C1[C@@H]2C[C@@H](CN3CC[C@@H](O)C[C@@H]23)[C@H]2CCCCN12. The fraction of sp³-hybridized carbons (Fsp3) is 0.933. The highest BCUT2D eigenvalue weighted by Gasteiger charge is 2.51. The lowest BCUT2D eigenvalue weighted by atomic mass is 9.70. The third kappa shape index (κ3) is 1.83. The van der Waals surface area contributed by atoms with E-state index in [9.17, 15) is 9.90 Å².